The Morgan fingerprint density at radius 2 is 0.976 bits per heavy atom. The molecule has 41 heavy (non-hydrogen) atoms. The van der Waals surface area contributed by atoms with Crippen molar-refractivity contribution in [3.8, 4) is 32.0 Å². The van der Waals surface area contributed by atoms with Crippen molar-refractivity contribution < 1.29 is 0 Å². The molecule has 0 unspecified atom stereocenters. The van der Waals surface area contributed by atoms with E-state index in [0.29, 0.717) is 11.8 Å². The maximum Gasteiger partial charge on any atom is 0.0345 e. The second-order valence-corrected chi connectivity index (χ2v) is 15.2. The maximum atomic E-state index is 2.60. The van der Waals surface area contributed by atoms with Crippen LogP contribution < -0.4 is 0 Å². The van der Waals surface area contributed by atoms with E-state index in [1.165, 1.54) is 106 Å². The summed E-state index contributed by atoms with van der Waals surface area (Å²) in [4.78, 5) is 5.80. The zero-order valence-electron chi connectivity index (χ0n) is 26.3. The molecule has 2 heterocycles. The molecule has 0 N–H and O–H groups in total. The number of hydrogen-bond acceptors (Lipinski definition) is 2. The first kappa shape index (κ1) is 30.3. The first-order valence-electron chi connectivity index (χ1n) is 16.4. The predicted molar refractivity (Wildman–Crippen MR) is 185 cm³/mol. The van der Waals surface area contributed by atoms with Gasteiger partial charge >= 0.3 is 0 Å². The first-order chi connectivity index (χ1) is 19.9. The van der Waals surface area contributed by atoms with Crippen LogP contribution in [0.2, 0.25) is 0 Å². The summed E-state index contributed by atoms with van der Waals surface area (Å²) in [5, 5.41) is 0. The summed E-state index contributed by atoms with van der Waals surface area (Å²) in [5.74, 6) is 1.16. The molecule has 1 aliphatic rings. The quantitative estimate of drug-likeness (QED) is 0.130. The normalized spacial score (nSPS) is 13.8. The summed E-state index contributed by atoms with van der Waals surface area (Å²) in [6.07, 6.45) is 13.1. The van der Waals surface area contributed by atoms with Crippen LogP contribution in [0.5, 0.6) is 0 Å². The minimum absolute atomic E-state index is 0.106. The van der Waals surface area contributed by atoms with Gasteiger partial charge in [-0.05, 0) is 94.5 Å². The van der Waals surface area contributed by atoms with Crippen molar-refractivity contribution in [1.82, 2.24) is 0 Å². The number of unbranched alkanes of at least 4 members (excludes halogenated alkanes) is 6. The molecule has 2 aromatic heterocycles. The van der Waals surface area contributed by atoms with Gasteiger partial charge in [-0.25, -0.2) is 0 Å². The summed E-state index contributed by atoms with van der Waals surface area (Å²) in [6, 6.07) is 24.3. The second kappa shape index (κ2) is 13.4. The largest absolute Gasteiger partial charge is 0.140 e. The van der Waals surface area contributed by atoms with Crippen LogP contribution >= 0.6 is 22.7 Å². The van der Waals surface area contributed by atoms with Crippen molar-refractivity contribution in [1.29, 1.82) is 0 Å². The number of rotatable bonds is 14. The van der Waals surface area contributed by atoms with E-state index in [9.17, 15) is 0 Å². The molecule has 5 rings (SSSR count). The van der Waals surface area contributed by atoms with Crippen molar-refractivity contribution in [2.24, 2.45) is 0 Å². The Balaban J connectivity index is 1.63. The topological polar surface area (TPSA) is 0 Å². The Bertz CT molecular complexity index is 1320. The molecule has 0 aliphatic heterocycles. The fraction of sp³-hybridized carbons (Fsp3) is 0.487. The average molecular weight is 583 g/mol. The molecule has 2 heteroatoms. The van der Waals surface area contributed by atoms with E-state index in [0.717, 1.165) is 0 Å². The SMILES string of the molecule is CCCCCCC1(CCCCCC)c2cc(-c3ccc(C(C)C)s3)ccc2-c2ccc(-c3ccc(C(C)C)s3)cc21. The van der Waals surface area contributed by atoms with E-state index in [-0.39, 0.29) is 5.41 Å². The van der Waals surface area contributed by atoms with Crippen LogP contribution in [-0.4, -0.2) is 0 Å². The fourth-order valence-electron chi connectivity index (χ4n) is 6.81. The number of fused-ring (bicyclic) bond motifs is 3. The Morgan fingerprint density at radius 1 is 0.537 bits per heavy atom. The minimum Gasteiger partial charge on any atom is -0.140 e. The van der Waals surface area contributed by atoms with Gasteiger partial charge in [-0.15, -0.1) is 22.7 Å². The summed E-state index contributed by atoms with van der Waals surface area (Å²) >= 11 is 3.96. The number of thiophene rings is 2. The molecule has 0 fully saturated rings. The third kappa shape index (κ3) is 6.30. The van der Waals surface area contributed by atoms with Gasteiger partial charge in [0.1, 0.15) is 0 Å². The Kier molecular flexibility index (Phi) is 9.93. The lowest BCUT2D eigenvalue weighted by molar-refractivity contribution is 0.401. The molecule has 4 aromatic rings. The van der Waals surface area contributed by atoms with Crippen LogP contribution in [0.4, 0.5) is 0 Å². The predicted octanol–water partition coefficient (Wildman–Crippen LogP) is 13.6. The van der Waals surface area contributed by atoms with Crippen LogP contribution in [0, 0.1) is 0 Å². The molecule has 0 amide bonds. The standard InChI is InChI=1S/C39H50S2/c1-7-9-11-13-23-39(24-14-12-10-8-2)33-25-29(37-21-19-35(40-37)27(3)4)15-17-31(33)32-18-16-30(26-34(32)39)38-22-20-36(41-38)28(5)6/h15-22,25-28H,7-14,23-24H2,1-6H3. The molecule has 1 aliphatic carbocycles. The molecule has 2 aromatic carbocycles. The lowest BCUT2D eigenvalue weighted by Gasteiger charge is -2.33. The highest BCUT2D eigenvalue weighted by molar-refractivity contribution is 7.15. The monoisotopic (exact) mass is 582 g/mol. The lowest BCUT2D eigenvalue weighted by atomic mass is 9.70. The van der Waals surface area contributed by atoms with Gasteiger partial charge in [-0.1, -0.05) is 117 Å². The molecule has 218 valence electrons. The number of hydrogen-bond donors (Lipinski definition) is 0. The summed E-state index contributed by atoms with van der Waals surface area (Å²) in [6.45, 7) is 13.9. The smallest absolute Gasteiger partial charge is 0.0345 e. The molecule has 0 atom stereocenters. The van der Waals surface area contributed by atoms with Gasteiger partial charge in [-0.3, -0.25) is 0 Å². The molecule has 0 nitrogen and oxygen atoms in total. The van der Waals surface area contributed by atoms with Gasteiger partial charge in [0.05, 0.1) is 0 Å². The van der Waals surface area contributed by atoms with Gasteiger partial charge in [-0.2, -0.15) is 0 Å². The van der Waals surface area contributed by atoms with E-state index >= 15 is 0 Å². The van der Waals surface area contributed by atoms with E-state index in [2.05, 4.69) is 102 Å². The second-order valence-electron chi connectivity index (χ2n) is 12.9. The average Bonchev–Trinajstić information content (AvgIpc) is 3.72. The van der Waals surface area contributed by atoms with Crippen LogP contribution in [0.3, 0.4) is 0 Å². The van der Waals surface area contributed by atoms with Gasteiger partial charge in [0.25, 0.3) is 0 Å². The summed E-state index contributed by atoms with van der Waals surface area (Å²) in [7, 11) is 0. The maximum absolute atomic E-state index is 2.60. The van der Waals surface area contributed by atoms with Gasteiger partial charge < -0.3 is 0 Å². The first-order valence-corrected chi connectivity index (χ1v) is 18.0. The van der Waals surface area contributed by atoms with Gasteiger partial charge in [0.2, 0.25) is 0 Å². The molecule has 0 bridgehead atoms. The van der Waals surface area contributed by atoms with Crippen molar-refractivity contribution >= 4 is 22.7 Å². The minimum atomic E-state index is 0.106. The van der Waals surface area contributed by atoms with Crippen LogP contribution in [0.15, 0.2) is 60.7 Å². The van der Waals surface area contributed by atoms with E-state index in [4.69, 9.17) is 0 Å². The van der Waals surface area contributed by atoms with E-state index in [1.807, 2.05) is 22.7 Å². The molecular weight excluding hydrogens is 533 g/mol. The van der Waals surface area contributed by atoms with Crippen molar-refractivity contribution in [3.63, 3.8) is 0 Å². The van der Waals surface area contributed by atoms with Crippen molar-refractivity contribution in [2.45, 2.75) is 123 Å². The van der Waals surface area contributed by atoms with Crippen LogP contribution in [-0.2, 0) is 5.41 Å². The number of benzene rings is 2. The summed E-state index contributed by atoms with van der Waals surface area (Å²) < 4.78 is 0. The highest BCUT2D eigenvalue weighted by atomic mass is 32.1. The Hall–Kier alpha value is -2.16. The van der Waals surface area contributed by atoms with Gasteiger partial charge in [0, 0.05) is 24.9 Å². The Morgan fingerprint density at radius 3 is 1.34 bits per heavy atom. The van der Waals surface area contributed by atoms with Crippen molar-refractivity contribution in [2.75, 3.05) is 0 Å². The van der Waals surface area contributed by atoms with Crippen molar-refractivity contribution in [3.05, 3.63) is 81.5 Å². The zero-order chi connectivity index (χ0) is 29.0. The van der Waals surface area contributed by atoms with Crippen LogP contribution in [0.25, 0.3) is 32.0 Å². The third-order valence-electron chi connectivity index (χ3n) is 9.24. The van der Waals surface area contributed by atoms with Crippen LogP contribution in [0.1, 0.15) is 138 Å². The molecular formula is C39H50S2. The molecule has 0 radical (unpaired) electrons. The highest BCUT2D eigenvalue weighted by Crippen LogP contribution is 2.56. The van der Waals surface area contributed by atoms with E-state index in [1.54, 1.807) is 11.1 Å². The molecule has 0 saturated carbocycles. The third-order valence-corrected chi connectivity index (χ3v) is 12.1. The highest BCUT2D eigenvalue weighted by Gasteiger charge is 2.42. The Labute approximate surface area is 258 Å². The summed E-state index contributed by atoms with van der Waals surface area (Å²) in [5.41, 5.74) is 9.08. The fourth-order valence-corrected chi connectivity index (χ4v) is 8.82. The lowest BCUT2D eigenvalue weighted by Crippen LogP contribution is -2.25. The molecule has 0 spiro atoms. The van der Waals surface area contributed by atoms with Gasteiger partial charge in [0.15, 0.2) is 0 Å². The zero-order valence-corrected chi connectivity index (χ0v) is 27.9. The molecule has 0 saturated heterocycles. The van der Waals surface area contributed by atoms with E-state index < -0.39 is 0 Å².